The van der Waals surface area contributed by atoms with Gasteiger partial charge in [-0.1, -0.05) is 36.4 Å². The molecule has 0 saturated carbocycles. The van der Waals surface area contributed by atoms with E-state index >= 15 is 0 Å². The van der Waals surface area contributed by atoms with Crippen LogP contribution in [0, 0.1) is 11.3 Å². The Hall–Kier alpha value is -2.05. The van der Waals surface area contributed by atoms with E-state index in [1.807, 2.05) is 0 Å². The largest absolute Gasteiger partial charge is 0.368 e. The minimum atomic E-state index is 0.545. The van der Waals surface area contributed by atoms with Crippen LogP contribution < -0.4 is 4.90 Å². The van der Waals surface area contributed by atoms with Crippen molar-refractivity contribution in [2.75, 3.05) is 37.6 Å². The lowest BCUT2D eigenvalue weighted by Crippen LogP contribution is -2.46. The number of fused-ring (bicyclic) bond motifs is 1. The number of nitriles is 1. The molecule has 2 aromatic carbocycles. The van der Waals surface area contributed by atoms with Gasteiger partial charge < -0.3 is 4.90 Å². The fourth-order valence-corrected chi connectivity index (χ4v) is 2.73. The molecule has 0 spiro atoms. The Morgan fingerprint density at radius 2 is 1.68 bits per heavy atom. The molecular weight excluding hydrogens is 234 g/mol. The third-order valence-corrected chi connectivity index (χ3v) is 3.77. The highest BCUT2D eigenvalue weighted by molar-refractivity contribution is 5.94. The first kappa shape index (κ1) is 12.0. The summed E-state index contributed by atoms with van der Waals surface area (Å²) in [5.41, 5.74) is 1.31. The summed E-state index contributed by atoms with van der Waals surface area (Å²) in [6.45, 7) is 4.47. The molecular formula is C16H17N3. The summed E-state index contributed by atoms with van der Waals surface area (Å²) in [6, 6.07) is 17.2. The fourth-order valence-electron chi connectivity index (χ4n) is 2.73. The Labute approximate surface area is 113 Å². The topological polar surface area (TPSA) is 30.3 Å². The highest BCUT2D eigenvalue weighted by atomic mass is 15.3. The Bertz CT molecular complexity index is 601. The van der Waals surface area contributed by atoms with Gasteiger partial charge in [-0.15, -0.1) is 0 Å². The van der Waals surface area contributed by atoms with E-state index < -0.39 is 0 Å². The lowest BCUT2D eigenvalue weighted by molar-refractivity contribution is 0.287. The van der Waals surface area contributed by atoms with Gasteiger partial charge in [0.05, 0.1) is 12.6 Å². The summed E-state index contributed by atoms with van der Waals surface area (Å²) in [4.78, 5) is 4.64. The van der Waals surface area contributed by atoms with Crippen molar-refractivity contribution < 1.29 is 0 Å². The lowest BCUT2D eigenvalue weighted by atomic mass is 10.1. The van der Waals surface area contributed by atoms with Crippen molar-refractivity contribution in [3.63, 3.8) is 0 Å². The maximum absolute atomic E-state index is 8.74. The van der Waals surface area contributed by atoms with Crippen LogP contribution in [0.1, 0.15) is 0 Å². The third kappa shape index (κ3) is 2.40. The van der Waals surface area contributed by atoms with Crippen molar-refractivity contribution in [3.8, 4) is 6.07 Å². The first-order valence-electron chi connectivity index (χ1n) is 6.70. The third-order valence-electron chi connectivity index (χ3n) is 3.77. The van der Waals surface area contributed by atoms with Gasteiger partial charge in [0.25, 0.3) is 0 Å². The van der Waals surface area contributed by atoms with Gasteiger partial charge in [0.1, 0.15) is 0 Å². The number of benzene rings is 2. The minimum absolute atomic E-state index is 0.545. The molecule has 0 atom stereocenters. The summed E-state index contributed by atoms with van der Waals surface area (Å²) in [7, 11) is 0. The molecule has 19 heavy (non-hydrogen) atoms. The fraction of sp³-hybridized carbons (Fsp3) is 0.312. The van der Waals surface area contributed by atoms with Crippen LogP contribution in [0.25, 0.3) is 10.8 Å². The molecule has 0 N–H and O–H groups in total. The molecule has 0 unspecified atom stereocenters. The summed E-state index contributed by atoms with van der Waals surface area (Å²) in [5, 5.41) is 11.3. The Morgan fingerprint density at radius 3 is 2.47 bits per heavy atom. The van der Waals surface area contributed by atoms with Gasteiger partial charge in [0.2, 0.25) is 0 Å². The standard InChI is InChI=1S/C16H17N3/c17-8-9-18-10-12-19(13-11-18)16-7-3-5-14-4-1-2-6-15(14)16/h1-7H,9-13H2. The van der Waals surface area contributed by atoms with E-state index in [9.17, 15) is 0 Å². The van der Waals surface area contributed by atoms with Crippen molar-refractivity contribution in [2.45, 2.75) is 0 Å². The average Bonchev–Trinajstić information content (AvgIpc) is 2.48. The molecule has 1 fully saturated rings. The predicted octanol–water partition coefficient (Wildman–Crippen LogP) is 2.49. The maximum atomic E-state index is 8.74. The maximum Gasteiger partial charge on any atom is 0.0867 e. The van der Waals surface area contributed by atoms with Crippen LogP contribution in [0.2, 0.25) is 0 Å². The molecule has 1 aliphatic rings. The van der Waals surface area contributed by atoms with Gasteiger partial charge >= 0.3 is 0 Å². The van der Waals surface area contributed by atoms with Gasteiger partial charge in [0.15, 0.2) is 0 Å². The zero-order valence-corrected chi connectivity index (χ0v) is 10.9. The quantitative estimate of drug-likeness (QED) is 0.768. The first-order valence-corrected chi connectivity index (χ1v) is 6.70. The van der Waals surface area contributed by atoms with E-state index in [2.05, 4.69) is 58.3 Å². The Balaban J connectivity index is 1.84. The molecule has 0 amide bonds. The molecule has 96 valence electrons. The van der Waals surface area contributed by atoms with Crippen LogP contribution in [0.4, 0.5) is 5.69 Å². The van der Waals surface area contributed by atoms with Gasteiger partial charge in [-0.25, -0.2) is 0 Å². The van der Waals surface area contributed by atoms with E-state index in [4.69, 9.17) is 5.26 Å². The van der Waals surface area contributed by atoms with Crippen LogP contribution >= 0.6 is 0 Å². The second-order valence-corrected chi connectivity index (χ2v) is 4.92. The van der Waals surface area contributed by atoms with Crippen molar-refractivity contribution >= 4 is 16.5 Å². The minimum Gasteiger partial charge on any atom is -0.368 e. The van der Waals surface area contributed by atoms with E-state index in [0.29, 0.717) is 6.54 Å². The number of nitrogens with zero attached hydrogens (tertiary/aromatic N) is 3. The molecule has 3 heteroatoms. The summed E-state index contributed by atoms with van der Waals surface area (Å²) in [5.74, 6) is 0. The zero-order valence-electron chi connectivity index (χ0n) is 10.9. The van der Waals surface area contributed by atoms with Gasteiger partial charge in [-0.2, -0.15) is 5.26 Å². The number of anilines is 1. The van der Waals surface area contributed by atoms with Gasteiger partial charge in [0, 0.05) is 37.3 Å². The molecule has 2 aromatic rings. The molecule has 0 radical (unpaired) electrons. The van der Waals surface area contributed by atoms with Crippen molar-refractivity contribution in [3.05, 3.63) is 42.5 Å². The molecule has 1 saturated heterocycles. The Morgan fingerprint density at radius 1 is 0.947 bits per heavy atom. The van der Waals surface area contributed by atoms with E-state index in [1.54, 1.807) is 0 Å². The lowest BCUT2D eigenvalue weighted by Gasteiger charge is -2.35. The van der Waals surface area contributed by atoms with Crippen LogP contribution in [-0.2, 0) is 0 Å². The number of hydrogen-bond acceptors (Lipinski definition) is 3. The van der Waals surface area contributed by atoms with Crippen LogP contribution in [-0.4, -0.2) is 37.6 Å². The summed E-state index contributed by atoms with van der Waals surface area (Å²) < 4.78 is 0. The smallest absolute Gasteiger partial charge is 0.0867 e. The Kier molecular flexibility index (Phi) is 3.35. The highest BCUT2D eigenvalue weighted by Gasteiger charge is 2.17. The highest BCUT2D eigenvalue weighted by Crippen LogP contribution is 2.27. The monoisotopic (exact) mass is 251 g/mol. The van der Waals surface area contributed by atoms with E-state index in [1.165, 1.54) is 16.5 Å². The molecule has 3 rings (SSSR count). The summed E-state index contributed by atoms with van der Waals surface area (Å²) >= 11 is 0. The van der Waals surface area contributed by atoms with Crippen molar-refractivity contribution in [2.24, 2.45) is 0 Å². The molecule has 1 heterocycles. The number of hydrogen-bond donors (Lipinski definition) is 0. The summed E-state index contributed by atoms with van der Waals surface area (Å²) in [6.07, 6.45) is 0. The van der Waals surface area contributed by atoms with Crippen LogP contribution in [0.15, 0.2) is 42.5 Å². The normalized spacial score (nSPS) is 16.5. The second kappa shape index (κ2) is 5.29. The van der Waals surface area contributed by atoms with Crippen LogP contribution in [0.5, 0.6) is 0 Å². The second-order valence-electron chi connectivity index (χ2n) is 4.92. The van der Waals surface area contributed by atoms with E-state index in [0.717, 1.165) is 26.2 Å². The zero-order chi connectivity index (χ0) is 13.1. The first-order chi connectivity index (χ1) is 9.38. The molecule has 0 aromatic heterocycles. The van der Waals surface area contributed by atoms with Gasteiger partial charge in [-0.3, -0.25) is 4.90 Å². The molecule has 0 aliphatic carbocycles. The molecule has 3 nitrogen and oxygen atoms in total. The van der Waals surface area contributed by atoms with Gasteiger partial charge in [-0.05, 0) is 11.5 Å². The average molecular weight is 251 g/mol. The SMILES string of the molecule is N#CCN1CCN(c2cccc3ccccc23)CC1. The van der Waals surface area contributed by atoms with E-state index in [-0.39, 0.29) is 0 Å². The van der Waals surface area contributed by atoms with Crippen molar-refractivity contribution in [1.29, 1.82) is 5.26 Å². The van der Waals surface area contributed by atoms with Crippen molar-refractivity contribution in [1.82, 2.24) is 4.90 Å². The number of rotatable bonds is 2. The molecule has 0 bridgehead atoms. The molecule has 1 aliphatic heterocycles. The number of piperazine rings is 1. The van der Waals surface area contributed by atoms with Crippen LogP contribution in [0.3, 0.4) is 0 Å². The predicted molar refractivity (Wildman–Crippen MR) is 78.2 cm³/mol.